The molecule has 3 aromatic rings. The highest BCUT2D eigenvalue weighted by Crippen LogP contribution is 2.42. The van der Waals surface area contributed by atoms with E-state index in [1.54, 1.807) is 0 Å². The topological polar surface area (TPSA) is 3.88 Å². The molecule has 2 aromatic carbocycles. The molecule has 0 aliphatic heterocycles. The average Bonchev–Trinajstić information content (AvgIpc) is 2.69. The zero-order valence-electron chi connectivity index (χ0n) is 17.7. The van der Waals surface area contributed by atoms with Crippen LogP contribution >= 0.6 is 0 Å². The lowest BCUT2D eigenvalue weighted by Crippen LogP contribution is -2.30. The van der Waals surface area contributed by atoms with Crippen LogP contribution in [-0.2, 0) is 7.05 Å². The maximum absolute atomic E-state index is 2.41. The normalized spacial score (nSPS) is 16.9. The number of aromatic nitrogens is 1. The van der Waals surface area contributed by atoms with Gasteiger partial charge in [0.2, 0.25) is 5.69 Å². The molecule has 28 heavy (non-hydrogen) atoms. The summed E-state index contributed by atoms with van der Waals surface area (Å²) in [5, 5.41) is 0. The van der Waals surface area contributed by atoms with Crippen molar-refractivity contribution in [2.24, 2.45) is 12.5 Å². The van der Waals surface area contributed by atoms with Gasteiger partial charge in [-0.05, 0) is 72.8 Å². The summed E-state index contributed by atoms with van der Waals surface area (Å²) in [4.78, 5) is 0. The van der Waals surface area contributed by atoms with Gasteiger partial charge in [0.05, 0.1) is 0 Å². The van der Waals surface area contributed by atoms with Crippen molar-refractivity contribution >= 4 is 0 Å². The van der Waals surface area contributed by atoms with Gasteiger partial charge in [-0.3, -0.25) is 0 Å². The number of nitrogens with zero attached hydrogens (tertiary/aromatic N) is 1. The summed E-state index contributed by atoms with van der Waals surface area (Å²) in [7, 11) is 2.14. The molecular formula is C27H32N+. The van der Waals surface area contributed by atoms with Crippen LogP contribution in [0.5, 0.6) is 0 Å². The van der Waals surface area contributed by atoms with Gasteiger partial charge in [-0.25, -0.2) is 4.57 Å². The summed E-state index contributed by atoms with van der Waals surface area (Å²) in [5.74, 6) is 0.738. The Morgan fingerprint density at radius 3 is 2.11 bits per heavy atom. The number of hydrogen-bond acceptors (Lipinski definition) is 0. The molecule has 1 heterocycles. The van der Waals surface area contributed by atoms with Gasteiger partial charge in [-0.15, -0.1) is 0 Å². The first-order valence-electron chi connectivity index (χ1n) is 10.6. The first kappa shape index (κ1) is 18.9. The molecule has 0 atom stereocenters. The Labute approximate surface area is 170 Å². The zero-order valence-corrected chi connectivity index (χ0v) is 17.7. The van der Waals surface area contributed by atoms with E-state index < -0.39 is 0 Å². The van der Waals surface area contributed by atoms with Crippen LogP contribution < -0.4 is 4.57 Å². The second-order valence-corrected chi connectivity index (χ2v) is 9.29. The van der Waals surface area contributed by atoms with E-state index in [-0.39, 0.29) is 0 Å². The summed E-state index contributed by atoms with van der Waals surface area (Å²) in [6.45, 7) is 6.99. The van der Waals surface area contributed by atoms with Crippen molar-refractivity contribution in [2.75, 3.05) is 0 Å². The smallest absolute Gasteiger partial charge is 0.200 e. The van der Waals surface area contributed by atoms with Crippen molar-refractivity contribution in [3.8, 4) is 22.4 Å². The predicted octanol–water partition coefficient (Wildman–Crippen LogP) is 6.84. The van der Waals surface area contributed by atoms with Gasteiger partial charge in [-0.1, -0.05) is 56.3 Å². The Kier molecular flexibility index (Phi) is 5.10. The fourth-order valence-corrected chi connectivity index (χ4v) is 4.60. The molecule has 0 spiro atoms. The van der Waals surface area contributed by atoms with Crippen LogP contribution in [0.3, 0.4) is 0 Å². The van der Waals surface area contributed by atoms with E-state index in [0.717, 1.165) is 5.92 Å². The quantitative estimate of drug-likeness (QED) is 0.444. The molecular weight excluding hydrogens is 338 g/mol. The monoisotopic (exact) mass is 370 g/mol. The first-order chi connectivity index (χ1) is 13.4. The maximum Gasteiger partial charge on any atom is 0.212 e. The number of pyridine rings is 1. The molecule has 1 heteroatoms. The van der Waals surface area contributed by atoms with Crippen molar-refractivity contribution in [3.63, 3.8) is 0 Å². The molecule has 1 nitrogen and oxygen atoms in total. The number of hydrogen-bond donors (Lipinski definition) is 0. The third kappa shape index (κ3) is 3.90. The average molecular weight is 371 g/mol. The Morgan fingerprint density at radius 1 is 0.821 bits per heavy atom. The second-order valence-electron chi connectivity index (χ2n) is 9.29. The predicted molar refractivity (Wildman–Crippen MR) is 118 cm³/mol. The van der Waals surface area contributed by atoms with Crippen LogP contribution in [0, 0.1) is 12.3 Å². The van der Waals surface area contributed by atoms with Gasteiger partial charge in [-0.2, -0.15) is 0 Å². The highest BCUT2D eigenvalue weighted by Gasteiger charge is 2.27. The van der Waals surface area contributed by atoms with Crippen molar-refractivity contribution in [1.29, 1.82) is 0 Å². The van der Waals surface area contributed by atoms with E-state index >= 15 is 0 Å². The van der Waals surface area contributed by atoms with Crippen LogP contribution in [0.4, 0.5) is 0 Å². The Bertz CT molecular complexity index is 956. The fraction of sp³-hybridized carbons (Fsp3) is 0.370. The highest BCUT2D eigenvalue weighted by molar-refractivity contribution is 5.66. The molecule has 0 radical (unpaired) electrons. The fourth-order valence-electron chi connectivity index (χ4n) is 4.60. The second kappa shape index (κ2) is 7.54. The summed E-state index contributed by atoms with van der Waals surface area (Å²) in [6.07, 6.45) is 7.59. The lowest BCUT2D eigenvalue weighted by atomic mass is 9.71. The van der Waals surface area contributed by atoms with Gasteiger partial charge in [0.1, 0.15) is 7.05 Å². The molecule has 1 aliphatic rings. The number of benzene rings is 2. The number of aryl methyl sites for hydroxylation is 2. The lowest BCUT2D eigenvalue weighted by Gasteiger charge is -2.34. The molecule has 4 rings (SSSR count). The zero-order chi connectivity index (χ0) is 19.7. The largest absolute Gasteiger partial charge is 0.212 e. The van der Waals surface area contributed by atoms with Gasteiger partial charge in [0.15, 0.2) is 6.20 Å². The van der Waals surface area contributed by atoms with E-state index in [2.05, 4.69) is 99.2 Å². The SMILES string of the molecule is Cc1ccccc1-c1ccc(-c2ccc(C3CCC(C)(C)CC3)cc2)c[n+]1C. The molecule has 0 unspecified atom stereocenters. The molecule has 144 valence electrons. The van der Waals surface area contributed by atoms with Gasteiger partial charge >= 0.3 is 0 Å². The molecule has 0 bridgehead atoms. The molecule has 1 aromatic heterocycles. The van der Waals surface area contributed by atoms with Crippen LogP contribution in [0.1, 0.15) is 56.6 Å². The van der Waals surface area contributed by atoms with E-state index in [4.69, 9.17) is 0 Å². The van der Waals surface area contributed by atoms with E-state index in [0.29, 0.717) is 5.41 Å². The first-order valence-corrected chi connectivity index (χ1v) is 10.6. The third-order valence-corrected chi connectivity index (χ3v) is 6.61. The molecule has 1 aliphatic carbocycles. The van der Waals surface area contributed by atoms with Gasteiger partial charge in [0, 0.05) is 17.2 Å². The minimum absolute atomic E-state index is 0.532. The third-order valence-electron chi connectivity index (χ3n) is 6.61. The van der Waals surface area contributed by atoms with E-state index in [1.165, 1.54) is 59.2 Å². The summed E-state index contributed by atoms with van der Waals surface area (Å²) < 4.78 is 2.24. The lowest BCUT2D eigenvalue weighted by molar-refractivity contribution is -0.659. The standard InChI is InChI=1S/C27H32N/c1-20-7-5-6-8-25(20)26-14-13-24(19-28(26)4)22-11-9-21(10-12-22)23-15-17-27(2,3)18-16-23/h5-14,19,23H,15-18H2,1-4H3/q+1. The highest BCUT2D eigenvalue weighted by atomic mass is 14.9. The van der Waals surface area contributed by atoms with Gasteiger partial charge < -0.3 is 0 Å². The van der Waals surface area contributed by atoms with Crippen LogP contribution in [-0.4, -0.2) is 0 Å². The molecule has 1 saturated carbocycles. The van der Waals surface area contributed by atoms with Crippen molar-refractivity contribution in [3.05, 3.63) is 78.0 Å². The van der Waals surface area contributed by atoms with Crippen molar-refractivity contribution in [1.82, 2.24) is 0 Å². The molecule has 0 saturated heterocycles. The maximum atomic E-state index is 2.41. The van der Waals surface area contributed by atoms with E-state index in [1.807, 2.05) is 0 Å². The Balaban J connectivity index is 1.55. The van der Waals surface area contributed by atoms with Gasteiger partial charge in [0.25, 0.3) is 0 Å². The molecule has 0 amide bonds. The Hall–Kier alpha value is -2.41. The summed E-state index contributed by atoms with van der Waals surface area (Å²) >= 11 is 0. The van der Waals surface area contributed by atoms with Crippen LogP contribution in [0.2, 0.25) is 0 Å². The number of rotatable bonds is 3. The van der Waals surface area contributed by atoms with E-state index in [9.17, 15) is 0 Å². The van der Waals surface area contributed by atoms with Crippen molar-refractivity contribution in [2.45, 2.75) is 52.4 Å². The molecule has 1 fully saturated rings. The summed E-state index contributed by atoms with van der Waals surface area (Å²) in [5.41, 5.74) is 8.48. The minimum Gasteiger partial charge on any atom is -0.200 e. The van der Waals surface area contributed by atoms with Crippen molar-refractivity contribution < 1.29 is 4.57 Å². The minimum atomic E-state index is 0.532. The van der Waals surface area contributed by atoms with Crippen LogP contribution in [0.15, 0.2) is 66.9 Å². The van der Waals surface area contributed by atoms with Crippen LogP contribution in [0.25, 0.3) is 22.4 Å². The molecule has 0 N–H and O–H groups in total. The summed E-state index contributed by atoms with van der Waals surface area (Å²) in [6, 6.07) is 22.4. The Morgan fingerprint density at radius 2 is 1.46 bits per heavy atom.